The van der Waals surface area contributed by atoms with Gasteiger partial charge in [-0.1, -0.05) is 0 Å². The van der Waals surface area contributed by atoms with Gasteiger partial charge in [0.2, 0.25) is 21.7 Å². The summed E-state index contributed by atoms with van der Waals surface area (Å²) < 4.78 is 115. The van der Waals surface area contributed by atoms with Gasteiger partial charge in [-0.05, 0) is 12.8 Å². The van der Waals surface area contributed by atoms with Gasteiger partial charge in [-0.15, -0.1) is 0 Å². The lowest BCUT2D eigenvalue weighted by Gasteiger charge is -2.38. The average molecular weight is 409 g/mol. The number of sulfonamides is 1. The quantitative estimate of drug-likeness (QED) is 0.566. The van der Waals surface area contributed by atoms with Gasteiger partial charge in [0.25, 0.3) is 11.9 Å². The van der Waals surface area contributed by atoms with Gasteiger partial charge in [-0.2, -0.15) is 40.0 Å². The smallest absolute Gasteiger partial charge is 0.366 e. The van der Waals surface area contributed by atoms with Crippen molar-refractivity contribution in [2.24, 2.45) is 0 Å². The van der Waals surface area contributed by atoms with E-state index in [9.17, 15) is 39.2 Å². The number of pyridine rings is 1. The van der Waals surface area contributed by atoms with Crippen molar-refractivity contribution < 1.29 is 39.2 Å². The third-order valence-electron chi connectivity index (χ3n) is 3.92. The topological polar surface area (TPSA) is 53.5 Å². The first kappa shape index (κ1) is 20.7. The van der Waals surface area contributed by atoms with Crippen molar-refractivity contribution in [2.45, 2.75) is 25.1 Å². The summed E-state index contributed by atoms with van der Waals surface area (Å²) >= 11 is 0. The number of anilines is 1. The van der Waals surface area contributed by atoms with Gasteiger partial charge in [-0.3, -0.25) is 0 Å². The van der Waals surface area contributed by atoms with Crippen molar-refractivity contribution in [1.82, 2.24) is 9.29 Å². The normalized spacial score (nSPS) is 17.2. The minimum Gasteiger partial charge on any atom is -0.366 e. The molecular formula is C13H14F7N3O2S. The third kappa shape index (κ3) is 4.55. The first-order valence-corrected chi connectivity index (χ1v) is 9.14. The van der Waals surface area contributed by atoms with Crippen LogP contribution in [0.1, 0.15) is 12.8 Å². The lowest BCUT2D eigenvalue weighted by Crippen LogP contribution is -2.50. The molecule has 0 N–H and O–H groups in total. The number of alkyl halides is 3. The Kier molecular flexibility index (Phi) is 5.71. The molecule has 1 aliphatic rings. The number of aromatic nitrogens is 1. The second-order valence-corrected chi connectivity index (χ2v) is 7.75. The van der Waals surface area contributed by atoms with Gasteiger partial charge >= 0.3 is 6.18 Å². The van der Waals surface area contributed by atoms with Gasteiger partial charge in [0.05, 0.1) is 6.26 Å². The van der Waals surface area contributed by atoms with E-state index in [1.807, 2.05) is 0 Å². The molecule has 0 aromatic carbocycles. The van der Waals surface area contributed by atoms with E-state index in [2.05, 4.69) is 4.98 Å². The molecule has 2 rings (SSSR count). The van der Waals surface area contributed by atoms with Crippen LogP contribution in [0.5, 0.6) is 0 Å². The number of halogens is 7. The van der Waals surface area contributed by atoms with Crippen LogP contribution in [-0.4, -0.2) is 55.8 Å². The number of hydrogen-bond acceptors (Lipinski definition) is 4. The molecule has 1 aromatic heterocycles. The van der Waals surface area contributed by atoms with Crippen molar-refractivity contribution in [3.63, 3.8) is 0 Å². The highest BCUT2D eigenvalue weighted by molar-refractivity contribution is 7.88. The summed E-state index contributed by atoms with van der Waals surface area (Å²) in [5.41, 5.74) is -1.02. The van der Waals surface area contributed by atoms with Crippen LogP contribution in [0.15, 0.2) is 0 Å². The maximum absolute atomic E-state index is 13.8. The highest BCUT2D eigenvalue weighted by Gasteiger charge is 2.40. The molecule has 0 atom stereocenters. The first-order chi connectivity index (χ1) is 11.8. The fourth-order valence-corrected chi connectivity index (χ4v) is 3.96. The zero-order chi connectivity index (χ0) is 19.9. The number of nitrogens with zero attached hydrogens (tertiary/aromatic N) is 3. The fraction of sp³-hybridized carbons (Fsp3) is 0.615. The summed E-state index contributed by atoms with van der Waals surface area (Å²) in [4.78, 5) is 3.33. The van der Waals surface area contributed by atoms with Crippen LogP contribution in [0, 0.1) is 23.5 Å². The molecule has 1 saturated heterocycles. The van der Waals surface area contributed by atoms with Crippen molar-refractivity contribution >= 4 is 15.7 Å². The van der Waals surface area contributed by atoms with Crippen LogP contribution < -0.4 is 4.90 Å². The molecule has 1 fully saturated rings. The maximum atomic E-state index is 13.8. The molecule has 0 saturated carbocycles. The van der Waals surface area contributed by atoms with Gasteiger partial charge in [0, 0.05) is 19.1 Å². The fourth-order valence-electron chi connectivity index (χ4n) is 2.83. The largest absolute Gasteiger partial charge is 0.402 e. The Labute approximate surface area is 144 Å². The van der Waals surface area contributed by atoms with Crippen LogP contribution >= 0.6 is 0 Å². The Hall–Kier alpha value is -1.63. The molecular weight excluding hydrogens is 395 g/mol. The molecule has 0 unspecified atom stereocenters. The predicted molar refractivity (Wildman–Crippen MR) is 76.9 cm³/mol. The van der Waals surface area contributed by atoms with Crippen molar-refractivity contribution in [3.05, 3.63) is 23.5 Å². The highest BCUT2D eigenvalue weighted by atomic mass is 32.2. The number of rotatable bonds is 4. The summed E-state index contributed by atoms with van der Waals surface area (Å²) in [6.07, 6.45) is -4.57. The van der Waals surface area contributed by atoms with Crippen LogP contribution in [0.2, 0.25) is 0 Å². The van der Waals surface area contributed by atoms with E-state index in [1.165, 1.54) is 0 Å². The molecule has 0 radical (unpaired) electrons. The lowest BCUT2D eigenvalue weighted by molar-refractivity contribution is -0.139. The van der Waals surface area contributed by atoms with E-state index >= 15 is 0 Å². The molecule has 0 aliphatic carbocycles. The van der Waals surface area contributed by atoms with Crippen LogP contribution in [-0.2, 0) is 10.0 Å². The van der Waals surface area contributed by atoms with Crippen LogP contribution in [0.4, 0.5) is 36.4 Å². The van der Waals surface area contributed by atoms with Crippen molar-refractivity contribution in [1.29, 1.82) is 0 Å². The maximum Gasteiger partial charge on any atom is 0.402 e. The Balaban J connectivity index is 2.21. The van der Waals surface area contributed by atoms with Gasteiger partial charge < -0.3 is 4.90 Å². The standard InChI is InChI=1S/C13H14F7N3O2S/c1-26(24,25)23(6-13(18,19)20)7-2-4-22(5-3-7)10-8(14)11(16)21-12(17)9(10)15/h7H,2-6H2,1H3. The summed E-state index contributed by atoms with van der Waals surface area (Å²) in [5, 5.41) is 0. The van der Waals surface area contributed by atoms with Gasteiger partial charge in [0.1, 0.15) is 12.2 Å². The van der Waals surface area contributed by atoms with Gasteiger partial charge in [0.15, 0.2) is 0 Å². The van der Waals surface area contributed by atoms with E-state index in [1.54, 1.807) is 0 Å². The summed E-state index contributed by atoms with van der Waals surface area (Å²) in [6.45, 7) is -2.30. The van der Waals surface area contributed by atoms with Crippen molar-refractivity contribution in [3.8, 4) is 0 Å². The third-order valence-corrected chi connectivity index (χ3v) is 5.20. The Morgan fingerprint density at radius 1 is 1.08 bits per heavy atom. The molecule has 1 aromatic rings. The molecule has 0 amide bonds. The lowest BCUT2D eigenvalue weighted by atomic mass is 10.0. The van der Waals surface area contributed by atoms with E-state index < -0.39 is 58.0 Å². The molecule has 1 aliphatic heterocycles. The van der Waals surface area contributed by atoms with Crippen molar-refractivity contribution in [2.75, 3.05) is 30.8 Å². The van der Waals surface area contributed by atoms with Crippen LogP contribution in [0.3, 0.4) is 0 Å². The van der Waals surface area contributed by atoms with E-state index in [-0.39, 0.29) is 30.2 Å². The molecule has 148 valence electrons. The highest BCUT2D eigenvalue weighted by Crippen LogP contribution is 2.31. The second-order valence-electron chi connectivity index (χ2n) is 5.81. The molecule has 0 spiro atoms. The predicted octanol–water partition coefficient (Wildman–Crippen LogP) is 2.43. The van der Waals surface area contributed by atoms with E-state index in [4.69, 9.17) is 0 Å². The second kappa shape index (κ2) is 7.18. The summed E-state index contributed by atoms with van der Waals surface area (Å²) in [7, 11) is -4.19. The Morgan fingerprint density at radius 2 is 1.54 bits per heavy atom. The Morgan fingerprint density at radius 3 is 1.92 bits per heavy atom. The minimum absolute atomic E-state index is 0.215. The average Bonchev–Trinajstić information content (AvgIpc) is 2.50. The van der Waals surface area contributed by atoms with Crippen LogP contribution in [0.25, 0.3) is 0 Å². The molecule has 5 nitrogen and oxygen atoms in total. The Bertz CT molecular complexity index is 751. The molecule has 2 heterocycles. The molecule has 13 heteroatoms. The van der Waals surface area contributed by atoms with Gasteiger partial charge in [-0.25, -0.2) is 8.42 Å². The number of piperidine rings is 1. The molecule has 0 bridgehead atoms. The number of hydrogen-bond donors (Lipinski definition) is 0. The summed E-state index contributed by atoms with van der Waals surface area (Å²) in [5.74, 6) is -7.15. The van der Waals surface area contributed by atoms with E-state index in [0.29, 0.717) is 6.26 Å². The first-order valence-electron chi connectivity index (χ1n) is 7.29. The van der Waals surface area contributed by atoms with E-state index in [0.717, 1.165) is 4.90 Å². The minimum atomic E-state index is -4.77. The molecule has 26 heavy (non-hydrogen) atoms. The zero-order valence-corrected chi connectivity index (χ0v) is 14.1. The zero-order valence-electron chi connectivity index (χ0n) is 13.3. The monoisotopic (exact) mass is 409 g/mol. The SMILES string of the molecule is CS(=O)(=O)N(CC(F)(F)F)C1CCN(c2c(F)c(F)nc(F)c2F)CC1. The summed E-state index contributed by atoms with van der Waals surface area (Å²) in [6, 6.07) is -1.06.